The van der Waals surface area contributed by atoms with Crippen molar-refractivity contribution < 1.29 is 19.4 Å². The highest BCUT2D eigenvalue weighted by atomic mass is 16.5. The zero-order valence-corrected chi connectivity index (χ0v) is 15.1. The number of carboxylic acid groups (broad SMARTS) is 1. The number of hydrogen-bond acceptors (Lipinski definition) is 5. The fraction of sp³-hybridized carbons (Fsp3) is 0.444. The highest BCUT2D eigenvalue weighted by Gasteiger charge is 2.47. The molecular formula is C18H22N4O4. The first-order valence-electron chi connectivity index (χ1n) is 8.39. The summed E-state index contributed by atoms with van der Waals surface area (Å²) in [5, 5.41) is 17.7. The molecule has 138 valence electrons. The Morgan fingerprint density at radius 1 is 1.35 bits per heavy atom. The number of aromatic nitrogens is 3. The van der Waals surface area contributed by atoms with Crippen LogP contribution in [0, 0.1) is 19.3 Å². The minimum Gasteiger partial charge on any atom is -0.481 e. The van der Waals surface area contributed by atoms with Gasteiger partial charge >= 0.3 is 5.97 Å². The molecule has 1 saturated heterocycles. The molecule has 0 aliphatic carbocycles. The molecule has 2 heterocycles. The van der Waals surface area contributed by atoms with Gasteiger partial charge in [-0.25, -0.2) is 4.68 Å². The highest BCUT2D eigenvalue weighted by Crippen LogP contribution is 2.32. The number of hydrogen-bond donors (Lipinski definition) is 1. The third kappa shape index (κ3) is 3.08. The van der Waals surface area contributed by atoms with E-state index in [-0.39, 0.29) is 24.8 Å². The Kier molecular flexibility index (Phi) is 4.78. The molecule has 0 bridgehead atoms. The summed E-state index contributed by atoms with van der Waals surface area (Å²) in [4.78, 5) is 26.0. The molecule has 8 heteroatoms. The van der Waals surface area contributed by atoms with Crippen molar-refractivity contribution in [3.63, 3.8) is 0 Å². The van der Waals surface area contributed by atoms with Gasteiger partial charge in [-0.2, -0.15) is 0 Å². The van der Waals surface area contributed by atoms with E-state index >= 15 is 0 Å². The average molecular weight is 358 g/mol. The van der Waals surface area contributed by atoms with Gasteiger partial charge in [0.2, 0.25) is 0 Å². The van der Waals surface area contributed by atoms with Crippen molar-refractivity contribution in [2.24, 2.45) is 5.41 Å². The second kappa shape index (κ2) is 6.87. The Bertz CT molecular complexity index is 847. The average Bonchev–Trinajstić information content (AvgIpc) is 3.20. The van der Waals surface area contributed by atoms with Gasteiger partial charge in [0.1, 0.15) is 5.41 Å². The molecule has 1 unspecified atom stereocenters. The Morgan fingerprint density at radius 3 is 2.77 bits per heavy atom. The van der Waals surface area contributed by atoms with Crippen LogP contribution in [0.5, 0.6) is 0 Å². The Morgan fingerprint density at radius 2 is 2.12 bits per heavy atom. The maximum absolute atomic E-state index is 12.9. The number of ether oxygens (including phenoxy) is 1. The van der Waals surface area contributed by atoms with Gasteiger partial charge in [0.25, 0.3) is 5.91 Å². The first-order valence-corrected chi connectivity index (χ1v) is 8.39. The first-order chi connectivity index (χ1) is 12.4. The molecule has 8 nitrogen and oxygen atoms in total. The van der Waals surface area contributed by atoms with Gasteiger partial charge in [-0.3, -0.25) is 9.59 Å². The molecule has 2 aromatic rings. The number of methoxy groups -OCH3 is 1. The van der Waals surface area contributed by atoms with Crippen molar-refractivity contribution in [1.29, 1.82) is 0 Å². The fourth-order valence-electron chi connectivity index (χ4n) is 3.36. The van der Waals surface area contributed by atoms with Gasteiger partial charge in [0, 0.05) is 20.2 Å². The number of nitrogens with zero attached hydrogens (tertiary/aromatic N) is 4. The van der Waals surface area contributed by atoms with E-state index in [1.54, 1.807) is 11.6 Å². The first kappa shape index (κ1) is 18.1. The smallest absolute Gasteiger partial charge is 0.313 e. The number of aliphatic carboxylic acids is 1. The van der Waals surface area contributed by atoms with Crippen LogP contribution in [-0.4, -0.2) is 63.7 Å². The topological polar surface area (TPSA) is 97.6 Å². The summed E-state index contributed by atoms with van der Waals surface area (Å²) < 4.78 is 6.69. The molecule has 1 aliphatic rings. The zero-order valence-electron chi connectivity index (χ0n) is 15.1. The molecular weight excluding hydrogens is 336 g/mol. The van der Waals surface area contributed by atoms with Crippen LogP contribution in [0.3, 0.4) is 0 Å². The minimum atomic E-state index is -1.06. The van der Waals surface area contributed by atoms with Crippen LogP contribution in [-0.2, 0) is 9.53 Å². The van der Waals surface area contributed by atoms with Crippen molar-refractivity contribution in [3.05, 3.63) is 41.2 Å². The van der Waals surface area contributed by atoms with Gasteiger partial charge in [-0.1, -0.05) is 17.3 Å². The summed E-state index contributed by atoms with van der Waals surface area (Å²) in [5.41, 5.74) is 1.71. The molecule has 0 saturated carbocycles. The molecule has 1 N–H and O–H groups in total. The lowest BCUT2D eigenvalue weighted by molar-refractivity contribution is -0.151. The predicted octanol–water partition coefficient (Wildman–Crippen LogP) is 1.45. The summed E-state index contributed by atoms with van der Waals surface area (Å²) in [6.45, 7) is 4.29. The third-order valence-corrected chi connectivity index (χ3v) is 4.86. The number of rotatable bonds is 5. The lowest BCUT2D eigenvalue weighted by atomic mass is 9.88. The van der Waals surface area contributed by atoms with E-state index in [0.29, 0.717) is 18.7 Å². The van der Waals surface area contributed by atoms with E-state index in [0.717, 1.165) is 11.3 Å². The number of amides is 1. The van der Waals surface area contributed by atoms with E-state index < -0.39 is 11.4 Å². The van der Waals surface area contributed by atoms with E-state index in [2.05, 4.69) is 10.3 Å². The number of carbonyl (C=O) groups excluding carboxylic acids is 1. The number of likely N-dealkylation sites (tertiary alicyclic amines) is 1. The lowest BCUT2D eigenvalue weighted by Gasteiger charge is -2.23. The molecule has 1 aliphatic heterocycles. The van der Waals surface area contributed by atoms with E-state index in [1.807, 2.05) is 31.2 Å². The van der Waals surface area contributed by atoms with Crippen LogP contribution in [0.4, 0.5) is 0 Å². The molecule has 1 aromatic heterocycles. The molecule has 3 rings (SSSR count). The maximum Gasteiger partial charge on any atom is 0.313 e. The molecule has 1 atom stereocenters. The third-order valence-electron chi connectivity index (χ3n) is 4.86. The summed E-state index contributed by atoms with van der Waals surface area (Å²) in [6.07, 6.45) is 0.354. The Labute approximate surface area is 151 Å². The SMILES string of the molecule is COCC1(C(=O)O)CCN(C(=O)c2nnn(-c3cccc(C)c3)c2C)C1. The Hall–Kier alpha value is -2.74. The number of carboxylic acids is 1. The van der Waals surface area contributed by atoms with Gasteiger partial charge in [0.05, 0.1) is 18.0 Å². The van der Waals surface area contributed by atoms with Crippen molar-refractivity contribution in [2.75, 3.05) is 26.8 Å². The maximum atomic E-state index is 12.9. The molecule has 0 spiro atoms. The van der Waals surface area contributed by atoms with Crippen LogP contribution in [0.2, 0.25) is 0 Å². The Balaban J connectivity index is 1.85. The number of benzene rings is 1. The number of carbonyl (C=O) groups is 2. The molecule has 1 fully saturated rings. The summed E-state index contributed by atoms with van der Waals surface area (Å²) in [5.74, 6) is -1.25. The molecule has 1 amide bonds. The molecule has 26 heavy (non-hydrogen) atoms. The van der Waals surface area contributed by atoms with Crippen LogP contribution in [0.25, 0.3) is 5.69 Å². The second-order valence-corrected chi connectivity index (χ2v) is 6.77. The van der Waals surface area contributed by atoms with Crippen molar-refractivity contribution >= 4 is 11.9 Å². The van der Waals surface area contributed by atoms with Crippen LogP contribution in [0.15, 0.2) is 24.3 Å². The monoisotopic (exact) mass is 358 g/mol. The predicted molar refractivity (Wildman–Crippen MR) is 93.3 cm³/mol. The summed E-state index contributed by atoms with van der Waals surface area (Å²) in [7, 11) is 1.47. The zero-order chi connectivity index (χ0) is 18.9. The standard InChI is InChI=1S/C18H22N4O4/c1-12-5-4-6-14(9-12)22-13(2)15(19-20-22)16(23)21-8-7-18(10-21,11-26-3)17(24)25/h4-6,9H,7-8,10-11H2,1-3H3,(H,24,25). The van der Waals surface area contributed by atoms with Gasteiger partial charge < -0.3 is 14.7 Å². The normalized spacial score (nSPS) is 19.7. The second-order valence-electron chi connectivity index (χ2n) is 6.77. The van der Waals surface area contributed by atoms with Crippen molar-refractivity contribution in [1.82, 2.24) is 19.9 Å². The summed E-state index contributed by atoms with van der Waals surface area (Å²) >= 11 is 0. The van der Waals surface area contributed by atoms with Crippen molar-refractivity contribution in [2.45, 2.75) is 20.3 Å². The fourth-order valence-corrected chi connectivity index (χ4v) is 3.36. The largest absolute Gasteiger partial charge is 0.481 e. The molecule has 1 aromatic carbocycles. The van der Waals surface area contributed by atoms with Gasteiger partial charge in [-0.15, -0.1) is 5.10 Å². The van der Waals surface area contributed by atoms with Crippen molar-refractivity contribution in [3.8, 4) is 5.69 Å². The van der Waals surface area contributed by atoms with Crippen LogP contribution in [0.1, 0.15) is 28.2 Å². The van der Waals surface area contributed by atoms with Gasteiger partial charge in [0.15, 0.2) is 5.69 Å². The van der Waals surface area contributed by atoms with Gasteiger partial charge in [-0.05, 0) is 38.0 Å². The highest BCUT2D eigenvalue weighted by molar-refractivity contribution is 5.94. The molecule has 0 radical (unpaired) electrons. The quantitative estimate of drug-likeness (QED) is 0.869. The van der Waals surface area contributed by atoms with E-state index in [1.165, 1.54) is 12.0 Å². The number of aryl methyl sites for hydroxylation is 1. The summed E-state index contributed by atoms with van der Waals surface area (Å²) in [6, 6.07) is 7.75. The van der Waals surface area contributed by atoms with E-state index in [9.17, 15) is 14.7 Å². The van der Waals surface area contributed by atoms with Crippen LogP contribution >= 0.6 is 0 Å². The van der Waals surface area contributed by atoms with E-state index in [4.69, 9.17) is 4.74 Å². The van der Waals surface area contributed by atoms with Crippen LogP contribution < -0.4 is 0 Å². The lowest BCUT2D eigenvalue weighted by Crippen LogP contribution is -2.40. The minimum absolute atomic E-state index is 0.0705.